The van der Waals surface area contributed by atoms with Crippen LogP contribution in [0.2, 0.25) is 0 Å². The van der Waals surface area contributed by atoms with Crippen molar-refractivity contribution >= 4 is 11.9 Å². The molecule has 72 valence electrons. The van der Waals surface area contributed by atoms with Crippen LogP contribution in [-0.4, -0.2) is 23.3 Å². The molecule has 2 rings (SSSR count). The van der Waals surface area contributed by atoms with Crippen molar-refractivity contribution in [2.75, 3.05) is 0 Å². The predicted molar refractivity (Wildman–Crippen MR) is 37.2 cm³/mol. The summed E-state index contributed by atoms with van der Waals surface area (Å²) in [5, 5.41) is 0. The molecular formula is C8H8F2O3. The zero-order valence-electron chi connectivity index (χ0n) is 6.81. The zero-order valence-corrected chi connectivity index (χ0v) is 6.81. The zero-order chi connectivity index (χ0) is 9.69. The molecule has 2 fully saturated rings. The summed E-state index contributed by atoms with van der Waals surface area (Å²) >= 11 is 0. The first-order valence-corrected chi connectivity index (χ1v) is 4.15. The Hall–Kier alpha value is -1.00. The number of carbonyl (C=O) groups excluding carboxylic acids is 2. The van der Waals surface area contributed by atoms with E-state index in [0.29, 0.717) is 12.8 Å². The molecule has 0 amide bonds. The van der Waals surface area contributed by atoms with E-state index < -0.39 is 23.3 Å². The van der Waals surface area contributed by atoms with Crippen LogP contribution in [0.1, 0.15) is 25.7 Å². The van der Waals surface area contributed by atoms with Crippen molar-refractivity contribution < 1.29 is 23.1 Å². The molecule has 1 saturated carbocycles. The molecule has 0 spiro atoms. The number of carbonyl (C=O) groups is 2. The van der Waals surface area contributed by atoms with E-state index in [-0.39, 0.29) is 12.8 Å². The third-order valence-electron chi connectivity index (χ3n) is 2.75. The largest absolute Gasteiger partial charge is 0.388 e. The van der Waals surface area contributed by atoms with E-state index >= 15 is 0 Å². The molecule has 0 bridgehead atoms. The normalized spacial score (nSPS) is 44.5. The molecule has 0 aromatic rings. The van der Waals surface area contributed by atoms with Gasteiger partial charge in [0.2, 0.25) is 0 Å². The minimum atomic E-state index is -2.72. The molecule has 3 nitrogen and oxygen atoms in total. The maximum atomic E-state index is 13.7. The summed E-state index contributed by atoms with van der Waals surface area (Å²) in [4.78, 5) is 21.8. The van der Waals surface area contributed by atoms with Gasteiger partial charge >= 0.3 is 11.9 Å². The molecule has 5 heteroatoms. The number of alkyl halides is 2. The van der Waals surface area contributed by atoms with Gasteiger partial charge in [-0.25, -0.2) is 18.4 Å². The number of hydrogen-bond acceptors (Lipinski definition) is 3. The van der Waals surface area contributed by atoms with Crippen molar-refractivity contribution in [3.05, 3.63) is 0 Å². The molecule has 0 aromatic carbocycles. The fourth-order valence-electron chi connectivity index (χ4n) is 1.91. The number of esters is 2. The molecule has 0 aromatic heterocycles. The van der Waals surface area contributed by atoms with E-state index in [1.807, 2.05) is 0 Å². The third-order valence-corrected chi connectivity index (χ3v) is 2.75. The molecule has 1 heterocycles. The van der Waals surface area contributed by atoms with Crippen molar-refractivity contribution in [2.45, 2.75) is 37.0 Å². The quantitative estimate of drug-likeness (QED) is 0.423. The second-order valence-electron chi connectivity index (χ2n) is 3.49. The molecule has 1 aliphatic carbocycles. The third kappa shape index (κ3) is 0.818. The van der Waals surface area contributed by atoms with E-state index in [1.54, 1.807) is 0 Å². The predicted octanol–water partition coefficient (Wildman–Crippen LogP) is 1.06. The second-order valence-corrected chi connectivity index (χ2v) is 3.49. The Morgan fingerprint density at radius 1 is 1.00 bits per heavy atom. The maximum Gasteiger partial charge on any atom is 0.355 e. The number of cyclic esters (lactones) is 2. The Kier molecular flexibility index (Phi) is 1.50. The van der Waals surface area contributed by atoms with Crippen molar-refractivity contribution in [1.82, 2.24) is 0 Å². The van der Waals surface area contributed by atoms with Crippen LogP contribution >= 0.6 is 0 Å². The molecule has 1 saturated heterocycles. The molecular weight excluding hydrogens is 182 g/mol. The van der Waals surface area contributed by atoms with Crippen LogP contribution in [-0.2, 0) is 14.3 Å². The lowest BCUT2D eigenvalue weighted by Crippen LogP contribution is -2.52. The lowest BCUT2D eigenvalue weighted by atomic mass is 9.76. The Bertz CT molecular complexity index is 263. The number of hydrogen-bond donors (Lipinski definition) is 0. The number of halogens is 2. The van der Waals surface area contributed by atoms with E-state index in [4.69, 9.17) is 0 Å². The lowest BCUT2D eigenvalue weighted by Gasteiger charge is -2.30. The Morgan fingerprint density at radius 2 is 1.38 bits per heavy atom. The summed E-state index contributed by atoms with van der Waals surface area (Å²) in [6.45, 7) is 0. The van der Waals surface area contributed by atoms with Gasteiger partial charge in [-0.2, -0.15) is 0 Å². The van der Waals surface area contributed by atoms with Gasteiger partial charge in [0.1, 0.15) is 0 Å². The van der Waals surface area contributed by atoms with Crippen molar-refractivity contribution in [3.8, 4) is 0 Å². The number of ether oxygens (including phenoxy) is 1. The topological polar surface area (TPSA) is 43.4 Å². The highest BCUT2D eigenvalue weighted by molar-refractivity contribution is 6.05. The summed E-state index contributed by atoms with van der Waals surface area (Å²) in [6, 6.07) is 0. The molecule has 2 unspecified atom stereocenters. The van der Waals surface area contributed by atoms with Gasteiger partial charge in [0.05, 0.1) is 0 Å². The van der Waals surface area contributed by atoms with Gasteiger partial charge in [-0.15, -0.1) is 0 Å². The van der Waals surface area contributed by atoms with Crippen LogP contribution in [0.25, 0.3) is 0 Å². The monoisotopic (exact) mass is 190 g/mol. The van der Waals surface area contributed by atoms with Gasteiger partial charge < -0.3 is 4.74 Å². The van der Waals surface area contributed by atoms with Crippen molar-refractivity contribution in [3.63, 3.8) is 0 Å². The van der Waals surface area contributed by atoms with Crippen LogP contribution in [0.5, 0.6) is 0 Å². The fourth-order valence-corrected chi connectivity index (χ4v) is 1.91. The first kappa shape index (κ1) is 8.59. The summed E-state index contributed by atoms with van der Waals surface area (Å²) in [5.74, 6) is -2.72. The molecule has 0 radical (unpaired) electrons. The molecule has 13 heavy (non-hydrogen) atoms. The highest BCUT2D eigenvalue weighted by Gasteiger charge is 2.71. The first-order valence-electron chi connectivity index (χ1n) is 4.15. The fraction of sp³-hybridized carbons (Fsp3) is 0.750. The summed E-state index contributed by atoms with van der Waals surface area (Å²) in [7, 11) is 0. The van der Waals surface area contributed by atoms with E-state index in [0.717, 1.165) is 0 Å². The van der Waals surface area contributed by atoms with Gasteiger partial charge in [-0.05, 0) is 25.7 Å². The number of fused-ring (bicyclic) bond motifs is 1. The Morgan fingerprint density at radius 3 is 1.77 bits per heavy atom. The molecule has 1 aliphatic heterocycles. The maximum absolute atomic E-state index is 13.7. The Balaban J connectivity index is 2.46. The standard InChI is InChI=1S/C8H8F2O3/c9-7-3-1-2-4-8(7,10)6(12)13-5(7)11/h1-4H2. The van der Waals surface area contributed by atoms with Crippen LogP contribution in [0.15, 0.2) is 0 Å². The smallest absolute Gasteiger partial charge is 0.355 e. The lowest BCUT2D eigenvalue weighted by molar-refractivity contribution is -0.156. The minimum absolute atomic E-state index is 0.256. The van der Waals surface area contributed by atoms with Crippen LogP contribution in [0.3, 0.4) is 0 Å². The summed E-state index contributed by atoms with van der Waals surface area (Å²) in [6.07, 6.45) is 0.303. The summed E-state index contributed by atoms with van der Waals surface area (Å²) < 4.78 is 31.4. The van der Waals surface area contributed by atoms with Crippen molar-refractivity contribution in [2.24, 2.45) is 0 Å². The Labute approximate surface area is 73.0 Å². The first-order chi connectivity index (χ1) is 6.01. The SMILES string of the molecule is O=C1OC(=O)C2(F)CCCCC12F. The molecule has 0 N–H and O–H groups in total. The van der Waals surface area contributed by atoms with E-state index in [2.05, 4.69) is 4.74 Å². The van der Waals surface area contributed by atoms with Gasteiger partial charge in [0.25, 0.3) is 11.3 Å². The van der Waals surface area contributed by atoms with Crippen LogP contribution in [0.4, 0.5) is 8.78 Å². The number of rotatable bonds is 0. The minimum Gasteiger partial charge on any atom is -0.388 e. The molecule has 2 atom stereocenters. The van der Waals surface area contributed by atoms with Crippen molar-refractivity contribution in [1.29, 1.82) is 0 Å². The summed E-state index contributed by atoms with van der Waals surface area (Å²) in [5.41, 5.74) is -5.44. The molecule has 2 aliphatic rings. The van der Waals surface area contributed by atoms with Gasteiger partial charge in [-0.3, -0.25) is 0 Å². The van der Waals surface area contributed by atoms with E-state index in [9.17, 15) is 18.4 Å². The average molecular weight is 190 g/mol. The van der Waals surface area contributed by atoms with Gasteiger partial charge in [0.15, 0.2) is 0 Å². The van der Waals surface area contributed by atoms with Crippen LogP contribution < -0.4 is 0 Å². The van der Waals surface area contributed by atoms with Gasteiger partial charge in [-0.1, -0.05) is 0 Å². The average Bonchev–Trinajstić information content (AvgIpc) is 2.25. The second kappa shape index (κ2) is 2.27. The van der Waals surface area contributed by atoms with Crippen LogP contribution in [0, 0.1) is 0 Å². The highest BCUT2D eigenvalue weighted by atomic mass is 19.2. The highest BCUT2D eigenvalue weighted by Crippen LogP contribution is 2.48. The van der Waals surface area contributed by atoms with Gasteiger partial charge in [0, 0.05) is 0 Å². The van der Waals surface area contributed by atoms with E-state index in [1.165, 1.54) is 0 Å².